The lowest BCUT2D eigenvalue weighted by atomic mass is 10.1. The van der Waals surface area contributed by atoms with Crippen LogP contribution < -0.4 is 16.4 Å². The van der Waals surface area contributed by atoms with Gasteiger partial charge in [0.1, 0.15) is 12.0 Å². The third-order valence-corrected chi connectivity index (χ3v) is 4.09. The zero-order valence-electron chi connectivity index (χ0n) is 15.2. The number of esters is 1. The smallest absolute Gasteiger partial charge is 0.339 e. The number of hydrogen-bond acceptors (Lipinski definition) is 7. The van der Waals surface area contributed by atoms with Gasteiger partial charge in [0, 0.05) is 5.69 Å². The van der Waals surface area contributed by atoms with Crippen LogP contribution in [0.1, 0.15) is 22.8 Å². The number of methoxy groups -OCH3 is 1. The van der Waals surface area contributed by atoms with E-state index >= 15 is 0 Å². The standard InChI is InChI=1S/C20H21N5O2/c1-3-13-8-10-14(11-9-13)24-18-17(21)19(23-12-22-18)25-16-7-5-4-6-15(16)20(26)27-2/h4-12H,3,21H2,1-2H3,(H2,22,23,24,25). The van der Waals surface area contributed by atoms with Gasteiger partial charge in [-0.2, -0.15) is 0 Å². The fourth-order valence-electron chi connectivity index (χ4n) is 2.56. The number of anilines is 5. The van der Waals surface area contributed by atoms with Crippen molar-refractivity contribution >= 4 is 34.7 Å². The molecule has 0 spiro atoms. The fraction of sp³-hybridized carbons (Fsp3) is 0.150. The molecule has 0 unspecified atom stereocenters. The Morgan fingerprint density at radius 1 is 1.04 bits per heavy atom. The number of nitrogen functional groups attached to an aromatic ring is 1. The summed E-state index contributed by atoms with van der Waals surface area (Å²) in [6.45, 7) is 2.11. The summed E-state index contributed by atoms with van der Waals surface area (Å²) >= 11 is 0. The number of hydrogen-bond donors (Lipinski definition) is 3. The van der Waals surface area contributed by atoms with Crippen LogP contribution in [-0.4, -0.2) is 23.0 Å². The first-order valence-electron chi connectivity index (χ1n) is 8.53. The van der Waals surface area contributed by atoms with Crippen LogP contribution in [-0.2, 0) is 11.2 Å². The maximum absolute atomic E-state index is 11.9. The monoisotopic (exact) mass is 363 g/mol. The second-order valence-corrected chi connectivity index (χ2v) is 5.82. The molecule has 7 nitrogen and oxygen atoms in total. The summed E-state index contributed by atoms with van der Waals surface area (Å²) in [5.74, 6) is 0.432. The van der Waals surface area contributed by atoms with E-state index in [1.807, 2.05) is 24.3 Å². The van der Waals surface area contributed by atoms with Crippen molar-refractivity contribution in [2.75, 3.05) is 23.5 Å². The van der Waals surface area contributed by atoms with Gasteiger partial charge >= 0.3 is 5.97 Å². The van der Waals surface area contributed by atoms with Crippen LogP contribution in [0.5, 0.6) is 0 Å². The number of ether oxygens (including phenoxy) is 1. The molecule has 138 valence electrons. The Hall–Kier alpha value is -3.61. The second-order valence-electron chi connectivity index (χ2n) is 5.82. The molecule has 0 amide bonds. The molecule has 0 atom stereocenters. The zero-order valence-corrected chi connectivity index (χ0v) is 15.2. The van der Waals surface area contributed by atoms with Crippen LogP contribution in [0.25, 0.3) is 0 Å². The number of carbonyl (C=O) groups is 1. The lowest BCUT2D eigenvalue weighted by Crippen LogP contribution is -2.09. The molecule has 0 bridgehead atoms. The van der Waals surface area contributed by atoms with E-state index in [0.29, 0.717) is 28.6 Å². The Morgan fingerprint density at radius 2 is 1.70 bits per heavy atom. The van der Waals surface area contributed by atoms with Gasteiger partial charge in [-0.05, 0) is 36.2 Å². The van der Waals surface area contributed by atoms with Gasteiger partial charge in [-0.25, -0.2) is 14.8 Å². The van der Waals surface area contributed by atoms with Crippen LogP contribution in [0.3, 0.4) is 0 Å². The Labute approximate surface area is 157 Å². The maximum Gasteiger partial charge on any atom is 0.339 e. The molecule has 1 heterocycles. The first-order chi connectivity index (χ1) is 13.1. The normalized spacial score (nSPS) is 10.3. The highest BCUT2D eigenvalue weighted by Gasteiger charge is 2.14. The molecule has 0 radical (unpaired) electrons. The summed E-state index contributed by atoms with van der Waals surface area (Å²) in [7, 11) is 1.34. The maximum atomic E-state index is 11.9. The van der Waals surface area contributed by atoms with E-state index < -0.39 is 5.97 Å². The molecule has 4 N–H and O–H groups in total. The van der Waals surface area contributed by atoms with Crippen LogP contribution in [0.4, 0.5) is 28.7 Å². The average molecular weight is 363 g/mol. The van der Waals surface area contributed by atoms with E-state index in [0.717, 1.165) is 12.1 Å². The topological polar surface area (TPSA) is 102 Å². The van der Waals surface area contributed by atoms with Gasteiger partial charge < -0.3 is 21.1 Å². The number of nitrogens with two attached hydrogens (primary N) is 1. The largest absolute Gasteiger partial charge is 0.465 e. The molecule has 7 heteroatoms. The summed E-state index contributed by atoms with van der Waals surface area (Å²) in [6, 6.07) is 15.0. The molecule has 0 aliphatic heterocycles. The summed E-state index contributed by atoms with van der Waals surface area (Å²) in [4.78, 5) is 20.3. The number of nitrogens with one attached hydrogen (secondary N) is 2. The Kier molecular flexibility index (Phi) is 5.51. The average Bonchev–Trinajstić information content (AvgIpc) is 2.71. The lowest BCUT2D eigenvalue weighted by molar-refractivity contribution is 0.0602. The number of para-hydroxylation sites is 1. The Bertz CT molecular complexity index is 941. The van der Waals surface area contributed by atoms with Crippen LogP contribution >= 0.6 is 0 Å². The van der Waals surface area contributed by atoms with E-state index in [9.17, 15) is 4.79 Å². The highest BCUT2D eigenvalue weighted by atomic mass is 16.5. The fourth-order valence-corrected chi connectivity index (χ4v) is 2.56. The molecule has 2 aromatic carbocycles. The first-order valence-corrected chi connectivity index (χ1v) is 8.53. The SMILES string of the molecule is CCc1ccc(Nc2ncnc(Nc3ccccc3C(=O)OC)c2N)cc1. The van der Waals surface area contributed by atoms with Gasteiger partial charge in [0.15, 0.2) is 11.6 Å². The van der Waals surface area contributed by atoms with E-state index in [1.165, 1.54) is 19.0 Å². The first kappa shape index (κ1) is 18.2. The van der Waals surface area contributed by atoms with Crippen molar-refractivity contribution in [1.29, 1.82) is 0 Å². The summed E-state index contributed by atoms with van der Waals surface area (Å²) < 4.78 is 4.81. The van der Waals surface area contributed by atoms with Gasteiger partial charge in [0.25, 0.3) is 0 Å². The minimum atomic E-state index is -0.444. The van der Waals surface area contributed by atoms with Crippen molar-refractivity contribution in [2.45, 2.75) is 13.3 Å². The van der Waals surface area contributed by atoms with Gasteiger partial charge in [-0.3, -0.25) is 0 Å². The molecule has 0 saturated heterocycles. The molecule has 0 fully saturated rings. The Morgan fingerprint density at radius 3 is 2.37 bits per heavy atom. The molecule has 3 rings (SSSR count). The van der Waals surface area contributed by atoms with Gasteiger partial charge in [-0.15, -0.1) is 0 Å². The molecule has 0 saturated carbocycles. The van der Waals surface area contributed by atoms with Gasteiger partial charge in [0.05, 0.1) is 18.4 Å². The van der Waals surface area contributed by atoms with Gasteiger partial charge in [-0.1, -0.05) is 31.2 Å². The van der Waals surface area contributed by atoms with E-state index in [4.69, 9.17) is 10.5 Å². The van der Waals surface area contributed by atoms with Crippen molar-refractivity contribution in [2.24, 2.45) is 0 Å². The predicted octanol–water partition coefficient (Wildman–Crippen LogP) is 3.90. The number of aryl methyl sites for hydroxylation is 1. The summed E-state index contributed by atoms with van der Waals surface area (Å²) in [5.41, 5.74) is 9.63. The van der Waals surface area contributed by atoms with Crippen molar-refractivity contribution in [3.63, 3.8) is 0 Å². The minimum absolute atomic E-state index is 0.344. The van der Waals surface area contributed by atoms with Crippen molar-refractivity contribution in [3.8, 4) is 0 Å². The second kappa shape index (κ2) is 8.18. The molecular formula is C20H21N5O2. The zero-order chi connectivity index (χ0) is 19.2. The van der Waals surface area contributed by atoms with E-state index in [1.54, 1.807) is 24.3 Å². The lowest BCUT2D eigenvalue weighted by Gasteiger charge is -2.14. The van der Waals surface area contributed by atoms with Crippen LogP contribution in [0.2, 0.25) is 0 Å². The van der Waals surface area contributed by atoms with Crippen LogP contribution in [0, 0.1) is 0 Å². The summed E-state index contributed by atoms with van der Waals surface area (Å²) in [5, 5.41) is 6.27. The van der Waals surface area contributed by atoms with Crippen molar-refractivity contribution in [3.05, 3.63) is 66.0 Å². The minimum Gasteiger partial charge on any atom is -0.465 e. The number of rotatable bonds is 6. The number of nitrogens with zero attached hydrogens (tertiary/aromatic N) is 2. The molecular weight excluding hydrogens is 342 g/mol. The van der Waals surface area contributed by atoms with Crippen molar-refractivity contribution < 1.29 is 9.53 Å². The molecule has 0 aliphatic rings. The third kappa shape index (κ3) is 4.14. The highest BCUT2D eigenvalue weighted by Crippen LogP contribution is 2.29. The highest BCUT2D eigenvalue weighted by molar-refractivity contribution is 5.97. The van der Waals surface area contributed by atoms with E-state index in [2.05, 4.69) is 27.5 Å². The quantitative estimate of drug-likeness (QED) is 0.571. The number of benzene rings is 2. The van der Waals surface area contributed by atoms with E-state index in [-0.39, 0.29) is 0 Å². The molecule has 3 aromatic rings. The van der Waals surface area contributed by atoms with Crippen LogP contribution in [0.15, 0.2) is 54.9 Å². The summed E-state index contributed by atoms with van der Waals surface area (Å²) in [6.07, 6.45) is 2.38. The third-order valence-electron chi connectivity index (χ3n) is 4.09. The van der Waals surface area contributed by atoms with Gasteiger partial charge in [0.2, 0.25) is 0 Å². The molecule has 1 aromatic heterocycles. The number of aromatic nitrogens is 2. The molecule has 27 heavy (non-hydrogen) atoms. The number of carbonyl (C=O) groups excluding carboxylic acids is 1. The molecule has 0 aliphatic carbocycles. The Balaban J connectivity index is 1.86. The van der Waals surface area contributed by atoms with Crippen molar-refractivity contribution in [1.82, 2.24) is 9.97 Å². The predicted molar refractivity (Wildman–Crippen MR) is 107 cm³/mol.